The van der Waals surface area contributed by atoms with E-state index < -0.39 is 9.84 Å². The predicted octanol–water partition coefficient (Wildman–Crippen LogP) is 2.54. The molecule has 0 bridgehead atoms. The first kappa shape index (κ1) is 25.8. The Morgan fingerprint density at radius 2 is 1.97 bits per heavy atom. The summed E-state index contributed by atoms with van der Waals surface area (Å²) in [5, 5.41) is 6.64. The van der Waals surface area contributed by atoms with Gasteiger partial charge < -0.3 is 24.8 Å². The second kappa shape index (κ2) is 10.8. The van der Waals surface area contributed by atoms with E-state index in [4.69, 9.17) is 4.74 Å². The molecule has 0 aromatic carbocycles. The fraction of sp³-hybridized carbons (Fsp3) is 0.500. The van der Waals surface area contributed by atoms with Crippen molar-refractivity contribution in [3.63, 3.8) is 0 Å². The zero-order valence-corrected chi connectivity index (χ0v) is 21.9. The summed E-state index contributed by atoms with van der Waals surface area (Å²) < 4.78 is 30.2. The van der Waals surface area contributed by atoms with Crippen molar-refractivity contribution in [3.8, 4) is 0 Å². The number of hydrogen-bond acceptors (Lipinski definition) is 9. The molecular weight excluding hydrogens is 482 g/mol. The van der Waals surface area contributed by atoms with Crippen LogP contribution in [0.2, 0.25) is 0 Å². The van der Waals surface area contributed by atoms with Crippen LogP contribution in [0.4, 0.5) is 17.6 Å². The summed E-state index contributed by atoms with van der Waals surface area (Å²) in [5.74, 6) is 1.44. The standard InChI is InChI=1S/C24H33N7O4S/c1-16(2)31-15-19(23(32)25-9-12-36(4,33)34)18-14-27-22(13-20(18)31)28-21-5-8-26-24(29-21)30-10-6-17(35-3)7-11-30/h5,8,13-17H,6-7,9-12H2,1-4H3,(H,25,32)(H,26,27,28,29). The molecule has 0 aliphatic carbocycles. The number of hydrogen-bond donors (Lipinski definition) is 2. The van der Waals surface area contributed by atoms with Gasteiger partial charge in [-0.15, -0.1) is 0 Å². The van der Waals surface area contributed by atoms with E-state index in [0.717, 1.165) is 37.7 Å². The van der Waals surface area contributed by atoms with Gasteiger partial charge in [0.1, 0.15) is 21.5 Å². The van der Waals surface area contributed by atoms with Gasteiger partial charge in [-0.25, -0.2) is 18.4 Å². The molecule has 2 N–H and O–H groups in total. The number of methoxy groups -OCH3 is 1. The van der Waals surface area contributed by atoms with Gasteiger partial charge in [0.2, 0.25) is 5.95 Å². The highest BCUT2D eigenvalue weighted by Crippen LogP contribution is 2.27. The van der Waals surface area contributed by atoms with E-state index in [1.54, 1.807) is 31.8 Å². The van der Waals surface area contributed by atoms with Crippen LogP contribution in [0.3, 0.4) is 0 Å². The van der Waals surface area contributed by atoms with E-state index in [9.17, 15) is 13.2 Å². The fourth-order valence-corrected chi connectivity index (χ4v) is 4.73. The first-order valence-corrected chi connectivity index (χ1v) is 14.0. The summed E-state index contributed by atoms with van der Waals surface area (Å²) in [6, 6.07) is 3.77. The van der Waals surface area contributed by atoms with Crippen LogP contribution in [-0.4, -0.2) is 78.7 Å². The largest absolute Gasteiger partial charge is 0.381 e. The number of sulfone groups is 1. The van der Waals surface area contributed by atoms with Crippen molar-refractivity contribution in [3.05, 3.63) is 36.3 Å². The molecule has 0 unspecified atom stereocenters. The normalized spacial score (nSPS) is 15.0. The summed E-state index contributed by atoms with van der Waals surface area (Å²) >= 11 is 0. The van der Waals surface area contributed by atoms with Gasteiger partial charge >= 0.3 is 0 Å². The number of fused-ring (bicyclic) bond motifs is 1. The van der Waals surface area contributed by atoms with Gasteiger partial charge in [-0.1, -0.05) is 0 Å². The number of pyridine rings is 1. The zero-order valence-electron chi connectivity index (χ0n) is 21.1. The SMILES string of the molecule is COC1CCN(c2nccc(Nc3cc4c(cn3)c(C(=O)NCCS(C)(=O)=O)cn4C(C)C)n2)CC1. The zero-order chi connectivity index (χ0) is 25.9. The van der Waals surface area contributed by atoms with Gasteiger partial charge in [-0.05, 0) is 32.8 Å². The lowest BCUT2D eigenvalue weighted by atomic mass is 10.1. The van der Waals surface area contributed by atoms with Gasteiger partial charge in [-0.2, -0.15) is 4.98 Å². The molecule has 194 valence electrons. The molecular formula is C24H33N7O4S. The summed E-state index contributed by atoms with van der Waals surface area (Å²) in [6.45, 7) is 5.79. The van der Waals surface area contributed by atoms with Crippen LogP contribution in [0.15, 0.2) is 30.7 Å². The smallest absolute Gasteiger partial charge is 0.253 e. The van der Waals surface area contributed by atoms with Crippen molar-refractivity contribution in [2.75, 3.05) is 49.0 Å². The molecule has 3 aromatic heterocycles. The number of ether oxygens (including phenoxy) is 1. The topological polar surface area (TPSA) is 131 Å². The number of anilines is 3. The van der Waals surface area contributed by atoms with Crippen molar-refractivity contribution >= 4 is 44.2 Å². The molecule has 11 nitrogen and oxygen atoms in total. The average Bonchev–Trinajstić information content (AvgIpc) is 3.23. The third-order valence-electron chi connectivity index (χ3n) is 6.24. The Kier molecular flexibility index (Phi) is 7.74. The maximum Gasteiger partial charge on any atom is 0.253 e. The molecule has 4 rings (SSSR count). The van der Waals surface area contributed by atoms with Crippen LogP contribution in [0, 0.1) is 0 Å². The number of carbonyl (C=O) groups is 1. The first-order valence-electron chi connectivity index (χ1n) is 12.0. The highest BCUT2D eigenvalue weighted by Gasteiger charge is 2.21. The lowest BCUT2D eigenvalue weighted by molar-refractivity contribution is 0.0816. The van der Waals surface area contributed by atoms with Crippen LogP contribution in [-0.2, 0) is 14.6 Å². The molecule has 1 aliphatic heterocycles. The third-order valence-corrected chi connectivity index (χ3v) is 7.18. The minimum absolute atomic E-state index is 0.0538. The monoisotopic (exact) mass is 515 g/mol. The number of nitrogens with zero attached hydrogens (tertiary/aromatic N) is 5. The number of nitrogens with one attached hydrogen (secondary N) is 2. The summed E-state index contributed by atoms with van der Waals surface area (Å²) in [5.41, 5.74) is 1.29. The summed E-state index contributed by atoms with van der Waals surface area (Å²) in [6.07, 6.45) is 8.45. The maximum absolute atomic E-state index is 12.8. The van der Waals surface area contributed by atoms with E-state index in [2.05, 4.69) is 30.5 Å². The van der Waals surface area contributed by atoms with E-state index in [1.165, 1.54) is 0 Å². The second-order valence-corrected chi connectivity index (χ2v) is 11.6. The molecule has 0 atom stereocenters. The van der Waals surface area contributed by atoms with Crippen molar-refractivity contribution < 1.29 is 17.9 Å². The lowest BCUT2D eigenvalue weighted by Gasteiger charge is -2.31. The van der Waals surface area contributed by atoms with Gasteiger partial charge in [0, 0.05) is 69.1 Å². The lowest BCUT2D eigenvalue weighted by Crippen LogP contribution is -2.37. The Hall–Kier alpha value is -3.25. The minimum Gasteiger partial charge on any atom is -0.381 e. The minimum atomic E-state index is -3.16. The molecule has 0 spiro atoms. The highest BCUT2D eigenvalue weighted by molar-refractivity contribution is 7.90. The number of amides is 1. The van der Waals surface area contributed by atoms with Gasteiger partial charge in [0.05, 0.1) is 22.9 Å². The Morgan fingerprint density at radius 3 is 2.64 bits per heavy atom. The Morgan fingerprint density at radius 1 is 1.22 bits per heavy atom. The van der Waals surface area contributed by atoms with E-state index in [0.29, 0.717) is 28.5 Å². The van der Waals surface area contributed by atoms with Crippen LogP contribution in [0.1, 0.15) is 43.1 Å². The number of carbonyl (C=O) groups excluding carboxylic acids is 1. The number of rotatable bonds is 9. The first-order chi connectivity index (χ1) is 17.1. The number of aromatic nitrogens is 4. The Bertz CT molecular complexity index is 1330. The molecule has 3 aromatic rings. The molecule has 4 heterocycles. The molecule has 1 saturated heterocycles. The average molecular weight is 516 g/mol. The summed E-state index contributed by atoms with van der Waals surface area (Å²) in [7, 11) is -1.42. The van der Waals surface area contributed by atoms with Crippen LogP contribution in [0.5, 0.6) is 0 Å². The van der Waals surface area contributed by atoms with Crippen molar-refractivity contribution in [1.82, 2.24) is 24.8 Å². The molecule has 36 heavy (non-hydrogen) atoms. The van der Waals surface area contributed by atoms with Crippen molar-refractivity contribution in [2.45, 2.75) is 38.8 Å². The van der Waals surface area contributed by atoms with Crippen LogP contribution >= 0.6 is 0 Å². The molecule has 0 saturated carbocycles. The fourth-order valence-electron chi connectivity index (χ4n) is 4.26. The van der Waals surface area contributed by atoms with Crippen molar-refractivity contribution in [2.24, 2.45) is 0 Å². The van der Waals surface area contributed by atoms with Gasteiger partial charge in [0.15, 0.2) is 0 Å². The summed E-state index contributed by atoms with van der Waals surface area (Å²) in [4.78, 5) is 28.6. The van der Waals surface area contributed by atoms with E-state index in [-0.39, 0.29) is 30.4 Å². The number of piperidine rings is 1. The quantitative estimate of drug-likeness (QED) is 0.441. The predicted molar refractivity (Wildman–Crippen MR) is 140 cm³/mol. The van der Waals surface area contributed by atoms with Gasteiger partial charge in [-0.3, -0.25) is 4.79 Å². The van der Waals surface area contributed by atoms with Crippen LogP contribution < -0.4 is 15.5 Å². The van der Waals surface area contributed by atoms with Crippen LogP contribution in [0.25, 0.3) is 10.9 Å². The molecule has 12 heteroatoms. The van der Waals surface area contributed by atoms with Crippen molar-refractivity contribution in [1.29, 1.82) is 0 Å². The van der Waals surface area contributed by atoms with E-state index >= 15 is 0 Å². The maximum atomic E-state index is 12.8. The molecule has 1 aliphatic rings. The molecule has 1 fully saturated rings. The Balaban J connectivity index is 1.54. The van der Waals surface area contributed by atoms with Gasteiger partial charge in [0.25, 0.3) is 5.91 Å². The highest BCUT2D eigenvalue weighted by atomic mass is 32.2. The van der Waals surface area contributed by atoms with E-state index in [1.807, 2.05) is 24.5 Å². The molecule has 1 amide bonds. The second-order valence-electron chi connectivity index (χ2n) is 9.31. The molecule has 0 radical (unpaired) electrons. The Labute approximate surface area is 211 Å². The third kappa shape index (κ3) is 6.11.